The van der Waals surface area contributed by atoms with Crippen LogP contribution in [0.3, 0.4) is 0 Å². The van der Waals surface area contributed by atoms with Gasteiger partial charge in [-0.3, -0.25) is 23.9 Å². The molecule has 0 aliphatic carbocycles. The Kier molecular flexibility index (Phi) is 9.17. The first-order valence-electron chi connectivity index (χ1n) is 14.4. The Morgan fingerprint density at radius 3 is 2.07 bits per heavy atom. The van der Waals surface area contributed by atoms with Crippen molar-refractivity contribution >= 4 is 28.7 Å². The van der Waals surface area contributed by atoms with Gasteiger partial charge in [0.1, 0.15) is 6.54 Å². The molecule has 4 aromatic rings. The first kappa shape index (κ1) is 29.5. The van der Waals surface area contributed by atoms with Gasteiger partial charge in [0, 0.05) is 49.2 Å². The lowest BCUT2D eigenvalue weighted by Gasteiger charge is -2.35. The van der Waals surface area contributed by atoms with E-state index in [4.69, 9.17) is 5.11 Å². The van der Waals surface area contributed by atoms with E-state index < -0.39 is 6.09 Å². The molecule has 3 N–H and O–H groups in total. The van der Waals surface area contributed by atoms with Crippen LogP contribution in [-0.2, 0) is 11.3 Å². The molecule has 10 nitrogen and oxygen atoms in total. The van der Waals surface area contributed by atoms with E-state index in [-0.39, 0.29) is 30.0 Å². The maximum Gasteiger partial charge on any atom is 0.405 e. The number of carboxylic acid groups (broad SMARTS) is 1. The van der Waals surface area contributed by atoms with Crippen LogP contribution >= 0.6 is 0 Å². The number of pyridine rings is 1. The van der Waals surface area contributed by atoms with Gasteiger partial charge in [-0.1, -0.05) is 73.7 Å². The highest BCUT2D eigenvalue weighted by atomic mass is 16.4. The molecule has 1 unspecified atom stereocenters. The van der Waals surface area contributed by atoms with E-state index >= 15 is 0 Å². The zero-order chi connectivity index (χ0) is 30.3. The molecule has 1 aliphatic rings. The van der Waals surface area contributed by atoms with Gasteiger partial charge < -0.3 is 20.6 Å². The molecule has 0 spiro atoms. The van der Waals surface area contributed by atoms with Gasteiger partial charge >= 0.3 is 6.09 Å². The zero-order valence-corrected chi connectivity index (χ0v) is 24.0. The largest absolute Gasteiger partial charge is 0.465 e. The van der Waals surface area contributed by atoms with Gasteiger partial charge in [-0.15, -0.1) is 0 Å². The van der Waals surface area contributed by atoms with Gasteiger partial charge in [-0.25, -0.2) is 4.79 Å². The summed E-state index contributed by atoms with van der Waals surface area (Å²) in [6, 6.07) is 26.1. The Morgan fingerprint density at radius 2 is 1.44 bits per heavy atom. The predicted molar refractivity (Wildman–Crippen MR) is 164 cm³/mol. The highest BCUT2D eigenvalue weighted by molar-refractivity contribution is 6.08. The number of nitrogens with zero attached hydrogens (tertiary/aromatic N) is 3. The Labute approximate surface area is 249 Å². The number of amides is 3. The maximum atomic E-state index is 14.3. The molecule has 5 rings (SSSR count). The first-order valence-corrected chi connectivity index (χ1v) is 14.4. The van der Waals surface area contributed by atoms with Crippen LogP contribution in [0.1, 0.15) is 41.0 Å². The van der Waals surface area contributed by atoms with E-state index in [1.54, 1.807) is 21.6 Å². The Hall–Kier alpha value is -4.96. The second-order valence-electron chi connectivity index (χ2n) is 10.5. The van der Waals surface area contributed by atoms with Crippen molar-refractivity contribution in [2.75, 3.05) is 32.7 Å². The minimum Gasteiger partial charge on any atom is -0.465 e. The third-order valence-electron chi connectivity index (χ3n) is 7.83. The third-order valence-corrected chi connectivity index (χ3v) is 7.83. The maximum absolute atomic E-state index is 14.3. The Morgan fingerprint density at radius 1 is 0.837 bits per heavy atom. The molecular weight excluding hydrogens is 546 g/mol. The van der Waals surface area contributed by atoms with Crippen molar-refractivity contribution in [3.63, 3.8) is 0 Å². The van der Waals surface area contributed by atoms with E-state index in [2.05, 4.69) is 15.5 Å². The molecule has 1 fully saturated rings. The lowest BCUT2D eigenvalue weighted by Crippen LogP contribution is -2.51. The van der Waals surface area contributed by atoms with Crippen LogP contribution in [0.2, 0.25) is 0 Å². The summed E-state index contributed by atoms with van der Waals surface area (Å²) in [7, 11) is 0. The Bertz CT molecular complexity index is 1660. The van der Waals surface area contributed by atoms with Crippen LogP contribution < -0.4 is 16.2 Å². The van der Waals surface area contributed by atoms with Crippen LogP contribution in [0.5, 0.6) is 0 Å². The number of nitrogens with one attached hydrogen (secondary N) is 2. The van der Waals surface area contributed by atoms with E-state index in [1.165, 1.54) is 0 Å². The number of rotatable bonds is 9. The van der Waals surface area contributed by atoms with E-state index in [0.29, 0.717) is 66.9 Å². The molecule has 222 valence electrons. The summed E-state index contributed by atoms with van der Waals surface area (Å²) in [5.74, 6) is -0.555. The molecule has 43 heavy (non-hydrogen) atoms. The molecule has 2 heterocycles. The summed E-state index contributed by atoms with van der Waals surface area (Å²) >= 11 is 0. The quantitative estimate of drug-likeness (QED) is 0.276. The van der Waals surface area contributed by atoms with Crippen LogP contribution in [0.15, 0.2) is 89.7 Å². The highest BCUT2D eigenvalue weighted by Crippen LogP contribution is 2.26. The number of piperazine rings is 1. The van der Waals surface area contributed by atoms with Crippen LogP contribution in [-0.4, -0.2) is 70.1 Å². The summed E-state index contributed by atoms with van der Waals surface area (Å²) in [4.78, 5) is 55.3. The normalized spacial score (nSPS) is 14.3. The smallest absolute Gasteiger partial charge is 0.405 e. The van der Waals surface area contributed by atoms with Gasteiger partial charge in [-0.05, 0) is 30.2 Å². The number of benzene rings is 3. The zero-order valence-electron chi connectivity index (χ0n) is 24.0. The van der Waals surface area contributed by atoms with Gasteiger partial charge in [0.15, 0.2) is 0 Å². The summed E-state index contributed by atoms with van der Waals surface area (Å²) < 4.78 is 1.63. The van der Waals surface area contributed by atoms with E-state index in [1.807, 2.05) is 79.7 Å². The monoisotopic (exact) mass is 581 g/mol. The second-order valence-corrected chi connectivity index (χ2v) is 10.5. The molecule has 0 bridgehead atoms. The molecule has 0 saturated carbocycles. The molecule has 0 radical (unpaired) electrons. The highest BCUT2D eigenvalue weighted by Gasteiger charge is 2.28. The van der Waals surface area contributed by atoms with Crippen LogP contribution in [0.4, 0.5) is 4.79 Å². The van der Waals surface area contributed by atoms with Gasteiger partial charge in [0.2, 0.25) is 5.91 Å². The first-order chi connectivity index (χ1) is 20.9. The molecule has 3 amide bonds. The molecule has 1 aromatic heterocycles. The van der Waals surface area contributed by atoms with Crippen molar-refractivity contribution in [2.24, 2.45) is 0 Å². The fraction of sp³-hybridized carbons (Fsp3) is 0.273. The van der Waals surface area contributed by atoms with Crippen LogP contribution in [0.25, 0.3) is 16.5 Å². The van der Waals surface area contributed by atoms with Crippen molar-refractivity contribution in [1.82, 2.24) is 25.0 Å². The molecule has 1 saturated heterocycles. The number of para-hydroxylation sites is 1. The van der Waals surface area contributed by atoms with Gasteiger partial charge in [0.05, 0.1) is 17.3 Å². The number of fused-ring (bicyclic) bond motifs is 1. The number of hydrogen-bond donors (Lipinski definition) is 3. The summed E-state index contributed by atoms with van der Waals surface area (Å²) in [5.41, 5.74) is 2.46. The standard InChI is InChI=1S/C33H35N5O5/c1-2-27(23-11-5-3-6-12-23)35-31(40)30-25-15-9-10-16-26(25)32(41)38(24-13-7-4-8-14-24)28(30)22-36-17-19-37(20-18-36)29(39)21-34-33(42)43/h3-16,27,34H,2,17-22H2,1H3,(H,35,40)(H,42,43). The van der Waals surface area contributed by atoms with Crippen molar-refractivity contribution in [1.29, 1.82) is 0 Å². The van der Waals surface area contributed by atoms with Crippen molar-refractivity contribution in [3.8, 4) is 5.69 Å². The predicted octanol–water partition coefficient (Wildman–Crippen LogP) is 3.78. The fourth-order valence-corrected chi connectivity index (χ4v) is 5.62. The van der Waals surface area contributed by atoms with E-state index in [9.17, 15) is 19.2 Å². The van der Waals surface area contributed by atoms with Crippen LogP contribution in [0, 0.1) is 0 Å². The van der Waals surface area contributed by atoms with E-state index in [0.717, 1.165) is 5.56 Å². The second kappa shape index (κ2) is 13.3. The molecule has 3 aromatic carbocycles. The molecule has 10 heteroatoms. The molecule has 1 atom stereocenters. The summed E-state index contributed by atoms with van der Waals surface area (Å²) in [6.07, 6.45) is -0.556. The fourth-order valence-electron chi connectivity index (χ4n) is 5.62. The SMILES string of the molecule is CCC(NC(=O)c1c(CN2CCN(C(=O)CNC(=O)O)CC2)n(-c2ccccc2)c(=O)c2ccccc12)c1ccccc1. The minimum atomic E-state index is -1.24. The number of carbonyl (C=O) groups excluding carboxylic acids is 2. The average Bonchev–Trinajstić information content (AvgIpc) is 3.04. The van der Waals surface area contributed by atoms with Crippen molar-refractivity contribution in [2.45, 2.75) is 25.9 Å². The summed E-state index contributed by atoms with van der Waals surface area (Å²) in [6.45, 7) is 3.84. The number of carbonyl (C=O) groups is 3. The molecule has 1 aliphatic heterocycles. The summed E-state index contributed by atoms with van der Waals surface area (Å²) in [5, 5.41) is 15.2. The minimum absolute atomic E-state index is 0.211. The molecular formula is C33H35N5O5. The van der Waals surface area contributed by atoms with Crippen molar-refractivity contribution in [3.05, 3.63) is 112 Å². The number of aromatic nitrogens is 1. The topological polar surface area (TPSA) is 124 Å². The van der Waals surface area contributed by atoms with Crippen molar-refractivity contribution < 1.29 is 19.5 Å². The van der Waals surface area contributed by atoms with Gasteiger partial charge in [0.25, 0.3) is 11.5 Å². The lowest BCUT2D eigenvalue weighted by molar-refractivity contribution is -0.131. The Balaban J connectivity index is 1.55. The third kappa shape index (κ3) is 6.60. The lowest BCUT2D eigenvalue weighted by atomic mass is 9.99. The van der Waals surface area contributed by atoms with Gasteiger partial charge in [-0.2, -0.15) is 0 Å². The average molecular weight is 582 g/mol. The number of hydrogen-bond acceptors (Lipinski definition) is 5.